The molecule has 3 amide bonds. The highest BCUT2D eigenvalue weighted by atomic mass is 19.1. The van der Waals surface area contributed by atoms with Crippen LogP contribution in [0.5, 0.6) is 11.5 Å². The quantitative estimate of drug-likeness (QED) is 0.536. The molecule has 0 radical (unpaired) electrons. The van der Waals surface area contributed by atoms with Crippen molar-refractivity contribution in [1.29, 1.82) is 0 Å². The van der Waals surface area contributed by atoms with Gasteiger partial charge in [-0.05, 0) is 31.7 Å². The number of amides is 3. The van der Waals surface area contributed by atoms with Gasteiger partial charge in [-0.15, -0.1) is 0 Å². The number of aromatic nitrogens is 1. The van der Waals surface area contributed by atoms with Gasteiger partial charge >= 0.3 is 0 Å². The van der Waals surface area contributed by atoms with Gasteiger partial charge in [0.15, 0.2) is 11.4 Å². The maximum atomic E-state index is 13.8. The molecular weight excluding hydrogens is 471 g/mol. The molecule has 10 nitrogen and oxygen atoms in total. The van der Waals surface area contributed by atoms with Gasteiger partial charge in [-0.2, -0.15) is 0 Å². The summed E-state index contributed by atoms with van der Waals surface area (Å²) in [4.78, 5) is 52.7. The highest BCUT2D eigenvalue weighted by Gasteiger charge is 2.35. The zero-order chi connectivity index (χ0) is 25.8. The van der Waals surface area contributed by atoms with Crippen molar-refractivity contribution in [2.75, 3.05) is 25.3 Å². The maximum Gasteiger partial charge on any atom is 0.277 e. The third-order valence-electron chi connectivity index (χ3n) is 6.04. The van der Waals surface area contributed by atoms with Crippen molar-refractivity contribution in [2.24, 2.45) is 0 Å². The third kappa shape index (κ3) is 5.09. The minimum absolute atomic E-state index is 0.0868. The fourth-order valence-corrected chi connectivity index (χ4v) is 4.07. The normalized spacial score (nSPS) is 18.3. The van der Waals surface area contributed by atoms with Crippen LogP contribution in [0, 0.1) is 5.82 Å². The first-order chi connectivity index (χ1) is 17.3. The highest BCUT2D eigenvalue weighted by molar-refractivity contribution is 6.01. The van der Waals surface area contributed by atoms with Crippen LogP contribution in [-0.2, 0) is 11.3 Å². The summed E-state index contributed by atoms with van der Waals surface area (Å²) in [5.74, 6) is -2.96. The Labute approximate surface area is 206 Å². The van der Waals surface area contributed by atoms with E-state index in [-0.39, 0.29) is 37.0 Å². The predicted molar refractivity (Wildman–Crippen MR) is 128 cm³/mol. The second-order valence-electron chi connectivity index (χ2n) is 8.64. The number of benzene rings is 1. The zero-order valence-electron chi connectivity index (χ0n) is 19.8. The summed E-state index contributed by atoms with van der Waals surface area (Å²) in [6.45, 7) is 0.108. The van der Waals surface area contributed by atoms with Gasteiger partial charge in [-0.25, -0.2) is 14.1 Å². The van der Waals surface area contributed by atoms with Crippen LogP contribution < -0.4 is 20.5 Å². The van der Waals surface area contributed by atoms with Crippen LogP contribution in [0.2, 0.25) is 0 Å². The van der Waals surface area contributed by atoms with E-state index < -0.39 is 34.4 Å². The van der Waals surface area contributed by atoms with Gasteiger partial charge in [0.05, 0.1) is 6.61 Å². The van der Waals surface area contributed by atoms with Gasteiger partial charge < -0.3 is 20.1 Å². The largest absolute Gasteiger partial charge is 0.502 e. The van der Waals surface area contributed by atoms with Crippen molar-refractivity contribution in [3.05, 3.63) is 69.4 Å². The molecule has 2 aliphatic rings. The van der Waals surface area contributed by atoms with Crippen LogP contribution in [0.3, 0.4) is 0 Å². The number of aromatic hydroxyl groups is 1. The Kier molecular flexibility index (Phi) is 7.37. The first-order valence-electron chi connectivity index (χ1n) is 11.7. The lowest BCUT2D eigenvalue weighted by Crippen LogP contribution is -2.55. The molecule has 0 spiro atoms. The summed E-state index contributed by atoms with van der Waals surface area (Å²) in [6.07, 6.45) is 7.89. The molecule has 2 aromatic rings. The number of halogens is 1. The van der Waals surface area contributed by atoms with E-state index in [1.807, 2.05) is 12.2 Å². The van der Waals surface area contributed by atoms with E-state index >= 15 is 0 Å². The Hall–Kier alpha value is -4.15. The first kappa shape index (κ1) is 25.0. The van der Waals surface area contributed by atoms with Gasteiger partial charge in [-0.3, -0.25) is 19.2 Å². The Morgan fingerprint density at radius 1 is 1.08 bits per heavy atom. The fraction of sp³-hybridized carbons (Fsp3) is 0.360. The molecule has 0 unspecified atom stereocenters. The predicted octanol–water partition coefficient (Wildman–Crippen LogP) is 2.03. The number of carbonyl (C=O) groups is 3. The van der Waals surface area contributed by atoms with E-state index in [2.05, 4.69) is 5.32 Å². The monoisotopic (exact) mass is 498 g/mol. The lowest BCUT2D eigenvalue weighted by atomic mass is 10.1. The van der Waals surface area contributed by atoms with Gasteiger partial charge in [0.1, 0.15) is 23.8 Å². The zero-order valence-corrected chi connectivity index (χ0v) is 19.8. The molecule has 2 aliphatic heterocycles. The number of hydrogen-bond donors (Lipinski definition) is 2. The highest BCUT2D eigenvalue weighted by Crippen LogP contribution is 2.23. The van der Waals surface area contributed by atoms with Crippen LogP contribution in [0.1, 0.15) is 58.5 Å². The molecule has 1 aromatic heterocycles. The summed E-state index contributed by atoms with van der Waals surface area (Å²) in [5, 5.41) is 14.4. The molecule has 0 saturated carbocycles. The minimum atomic E-state index is -1.04. The molecular formula is C25H27FN4O6. The number of hydrogen-bond acceptors (Lipinski definition) is 6. The molecule has 2 bridgehead atoms. The topological polar surface area (TPSA) is 121 Å². The number of nitrogens with one attached hydrogen (secondary N) is 1. The van der Waals surface area contributed by atoms with Crippen molar-refractivity contribution in [3.8, 4) is 11.5 Å². The van der Waals surface area contributed by atoms with Crippen molar-refractivity contribution in [3.63, 3.8) is 0 Å². The molecule has 36 heavy (non-hydrogen) atoms. The lowest BCUT2D eigenvalue weighted by molar-refractivity contribution is -0.120. The fourth-order valence-electron chi connectivity index (χ4n) is 4.07. The summed E-state index contributed by atoms with van der Waals surface area (Å²) in [7, 11) is 1.45. The van der Waals surface area contributed by atoms with Crippen molar-refractivity contribution >= 4 is 17.7 Å². The molecule has 11 heteroatoms. The van der Waals surface area contributed by atoms with Crippen molar-refractivity contribution < 1.29 is 28.6 Å². The number of pyridine rings is 1. The smallest absolute Gasteiger partial charge is 0.277 e. The number of carbonyl (C=O) groups excluding carboxylic acids is 3. The summed E-state index contributed by atoms with van der Waals surface area (Å²) < 4.78 is 20.6. The lowest BCUT2D eigenvalue weighted by Gasteiger charge is -2.36. The third-order valence-corrected chi connectivity index (χ3v) is 6.04. The van der Waals surface area contributed by atoms with Crippen molar-refractivity contribution in [1.82, 2.24) is 14.9 Å². The van der Waals surface area contributed by atoms with Gasteiger partial charge in [0.2, 0.25) is 11.3 Å². The molecule has 0 aliphatic carbocycles. The Morgan fingerprint density at radius 2 is 1.86 bits per heavy atom. The standard InChI is InChI=1S/C25H27FN4O6/c1-28-15-30-20(31)8-6-4-2-3-5-7-11-36-19-12-17(26)10-9-16(19)13-27-24(34)18-14-29(30)21(25(28)35)23(33)22(18)32/h3,5,9-10,12,14,33H,2,4,6-8,11,13,15H2,1H3,(H,27,34)/b5-3-. The van der Waals surface area contributed by atoms with Crippen LogP contribution in [-0.4, -0.2) is 52.7 Å². The van der Waals surface area contributed by atoms with E-state index in [1.165, 1.54) is 35.2 Å². The molecule has 0 atom stereocenters. The average molecular weight is 499 g/mol. The van der Waals surface area contributed by atoms with Gasteiger partial charge in [-0.1, -0.05) is 18.2 Å². The van der Waals surface area contributed by atoms with E-state index in [1.54, 1.807) is 0 Å². The minimum Gasteiger partial charge on any atom is -0.502 e. The molecule has 1 aromatic carbocycles. The van der Waals surface area contributed by atoms with Gasteiger partial charge in [0, 0.05) is 37.8 Å². The number of allylic oxidation sites excluding steroid dienone is 1. The molecule has 190 valence electrons. The SMILES string of the molecule is CN1CN2C(=O)CCCC/C=C\CCOc3cc(F)ccc3CNC(=O)c3cn2c(c(O)c3=O)C1=O. The summed E-state index contributed by atoms with van der Waals surface area (Å²) >= 11 is 0. The van der Waals surface area contributed by atoms with E-state index in [0.29, 0.717) is 25.0 Å². The van der Waals surface area contributed by atoms with E-state index in [0.717, 1.165) is 23.7 Å². The van der Waals surface area contributed by atoms with Crippen LogP contribution in [0.4, 0.5) is 4.39 Å². The second-order valence-corrected chi connectivity index (χ2v) is 8.64. The summed E-state index contributed by atoms with van der Waals surface area (Å²) in [5.41, 5.74) is -1.38. The van der Waals surface area contributed by atoms with E-state index in [9.17, 15) is 28.7 Å². The number of ether oxygens (including phenoxy) is 1. The Bertz CT molecular complexity index is 1290. The van der Waals surface area contributed by atoms with Crippen LogP contribution >= 0.6 is 0 Å². The maximum absolute atomic E-state index is 13.8. The first-order valence-corrected chi connectivity index (χ1v) is 11.7. The second kappa shape index (κ2) is 10.6. The molecule has 0 saturated heterocycles. The van der Waals surface area contributed by atoms with Crippen LogP contribution in [0.25, 0.3) is 0 Å². The number of fused-ring (bicyclic) bond motifs is 2. The molecule has 3 heterocycles. The number of rotatable bonds is 0. The molecule has 0 fully saturated rings. The Balaban J connectivity index is 1.73. The van der Waals surface area contributed by atoms with Crippen molar-refractivity contribution in [2.45, 2.75) is 38.6 Å². The number of nitrogens with zero attached hydrogens (tertiary/aromatic N) is 3. The molecule has 4 rings (SSSR count). The average Bonchev–Trinajstić information content (AvgIpc) is 2.85. The van der Waals surface area contributed by atoms with Gasteiger partial charge in [0.25, 0.3) is 11.8 Å². The van der Waals surface area contributed by atoms with Crippen LogP contribution in [0.15, 0.2) is 41.3 Å². The molecule has 2 N–H and O–H groups in total. The summed E-state index contributed by atoms with van der Waals surface area (Å²) in [6, 6.07) is 3.92. The Morgan fingerprint density at radius 3 is 2.67 bits per heavy atom. The van der Waals surface area contributed by atoms with E-state index in [4.69, 9.17) is 4.74 Å².